The molecule has 0 amide bonds. The summed E-state index contributed by atoms with van der Waals surface area (Å²) >= 11 is 0.917. The van der Waals surface area contributed by atoms with Crippen molar-refractivity contribution in [1.29, 1.82) is 5.26 Å². The van der Waals surface area contributed by atoms with Crippen molar-refractivity contribution in [3.05, 3.63) is 53.2 Å². The lowest BCUT2D eigenvalue weighted by molar-refractivity contribution is 0.281. The molecule has 196 valence electrons. The third-order valence-electron chi connectivity index (χ3n) is 6.69. The molecule has 4 aromatic heterocycles. The third kappa shape index (κ3) is 3.88. The first-order valence-electron chi connectivity index (χ1n) is 11.7. The Kier molecular flexibility index (Phi) is 5.76. The van der Waals surface area contributed by atoms with Crippen molar-refractivity contribution < 1.29 is 18.3 Å². The maximum atomic E-state index is 16.3. The number of halogens is 2. The van der Waals surface area contributed by atoms with E-state index in [1.54, 1.807) is 12.3 Å². The van der Waals surface area contributed by atoms with Crippen LogP contribution in [0.5, 0.6) is 11.9 Å². The van der Waals surface area contributed by atoms with Gasteiger partial charge in [-0.3, -0.25) is 0 Å². The molecule has 0 radical (unpaired) electrons. The van der Waals surface area contributed by atoms with Gasteiger partial charge >= 0.3 is 6.01 Å². The van der Waals surface area contributed by atoms with Crippen LogP contribution in [0.4, 0.5) is 25.4 Å². The Balaban J connectivity index is 1.57. The SMILES string of the molecule is COc1nc2c3c(nc(-c4ccc(F)c5sc(N)c(C#N)c45)c(F)c3n1)OCC(Cc1ccnc(N)c1)N2C. The Morgan fingerprint density at radius 3 is 2.77 bits per heavy atom. The van der Waals surface area contributed by atoms with E-state index in [0.29, 0.717) is 18.1 Å². The molecule has 5 aromatic rings. The van der Waals surface area contributed by atoms with Gasteiger partial charge in [0.2, 0.25) is 5.88 Å². The minimum atomic E-state index is -0.797. The van der Waals surface area contributed by atoms with E-state index in [2.05, 4.69) is 19.9 Å². The zero-order valence-electron chi connectivity index (χ0n) is 20.7. The fourth-order valence-electron chi connectivity index (χ4n) is 4.78. The number of benzene rings is 1. The number of anilines is 3. The van der Waals surface area contributed by atoms with Crippen molar-refractivity contribution in [2.24, 2.45) is 0 Å². The van der Waals surface area contributed by atoms with Gasteiger partial charge in [0.1, 0.15) is 51.7 Å². The summed E-state index contributed by atoms with van der Waals surface area (Å²) in [6, 6.07) is 7.89. The molecular weight excluding hydrogens is 526 g/mol. The van der Waals surface area contributed by atoms with Gasteiger partial charge in [0, 0.05) is 24.2 Å². The molecule has 0 saturated heterocycles. The van der Waals surface area contributed by atoms with Crippen LogP contribution in [-0.4, -0.2) is 46.7 Å². The largest absolute Gasteiger partial charge is 0.475 e. The van der Waals surface area contributed by atoms with Crippen LogP contribution in [0.3, 0.4) is 0 Å². The first-order valence-corrected chi connectivity index (χ1v) is 12.5. The minimum absolute atomic E-state index is 0.0509. The Morgan fingerprint density at radius 2 is 2.03 bits per heavy atom. The first kappa shape index (κ1) is 24.5. The lowest BCUT2D eigenvalue weighted by Crippen LogP contribution is -2.38. The van der Waals surface area contributed by atoms with Crippen molar-refractivity contribution >= 4 is 49.0 Å². The molecule has 39 heavy (non-hydrogen) atoms. The maximum absolute atomic E-state index is 16.3. The topological polar surface area (TPSA) is 149 Å². The molecule has 6 rings (SSSR count). The fraction of sp³-hybridized carbons (Fsp3) is 0.192. The number of pyridine rings is 2. The first-order chi connectivity index (χ1) is 18.8. The van der Waals surface area contributed by atoms with E-state index >= 15 is 4.39 Å². The molecule has 0 bridgehead atoms. The second kappa shape index (κ2) is 9.17. The summed E-state index contributed by atoms with van der Waals surface area (Å²) in [5.41, 5.74) is 12.8. The minimum Gasteiger partial charge on any atom is -0.475 e. The van der Waals surface area contributed by atoms with Crippen molar-refractivity contribution in [3.63, 3.8) is 0 Å². The average molecular weight is 547 g/mol. The smallest absolute Gasteiger partial charge is 0.318 e. The number of hydrogen-bond donors (Lipinski definition) is 2. The second-order valence-electron chi connectivity index (χ2n) is 8.96. The number of methoxy groups -OCH3 is 1. The van der Waals surface area contributed by atoms with Crippen LogP contribution in [0, 0.1) is 23.0 Å². The monoisotopic (exact) mass is 546 g/mol. The summed E-state index contributed by atoms with van der Waals surface area (Å²) in [5, 5.41) is 10.3. The Hall–Kier alpha value is -4.83. The summed E-state index contributed by atoms with van der Waals surface area (Å²) in [7, 11) is 3.20. The number of ether oxygens (including phenoxy) is 2. The number of rotatable bonds is 4. The molecular formula is C26H20F2N8O2S. The summed E-state index contributed by atoms with van der Waals surface area (Å²) < 4.78 is 42.6. The third-order valence-corrected chi connectivity index (χ3v) is 7.72. The van der Waals surface area contributed by atoms with Crippen LogP contribution in [0.1, 0.15) is 11.1 Å². The number of likely N-dealkylation sites (N-methyl/N-ethyl adjacent to an activating group) is 1. The molecule has 0 saturated carbocycles. The van der Waals surface area contributed by atoms with Gasteiger partial charge in [0.25, 0.3) is 0 Å². The van der Waals surface area contributed by atoms with E-state index in [1.807, 2.05) is 24.1 Å². The Bertz CT molecular complexity index is 1840. The molecule has 0 aliphatic carbocycles. The van der Waals surface area contributed by atoms with E-state index in [4.69, 9.17) is 20.9 Å². The van der Waals surface area contributed by atoms with Crippen LogP contribution in [0.25, 0.3) is 32.2 Å². The van der Waals surface area contributed by atoms with Gasteiger partial charge in [-0.1, -0.05) is 0 Å². The number of aromatic nitrogens is 4. The average Bonchev–Trinajstić information content (AvgIpc) is 3.21. The van der Waals surface area contributed by atoms with Crippen molar-refractivity contribution in [2.45, 2.75) is 12.5 Å². The Morgan fingerprint density at radius 1 is 1.21 bits per heavy atom. The summed E-state index contributed by atoms with van der Waals surface area (Å²) in [6.07, 6.45) is 2.15. The standard InChI is InChI=1S/C26H20F2N8O2S/c1-36-12(7-11-5-6-32-16(30)8-11)10-38-25-18-21(34-26(37-2)35-24(18)36)19(28)20(33-25)13-3-4-15(27)22-17(13)14(9-29)23(31)39-22/h3-6,8,12H,7,10,31H2,1-2H3,(H2,30,32). The fourth-order valence-corrected chi connectivity index (χ4v) is 5.73. The summed E-state index contributed by atoms with van der Waals surface area (Å²) in [5.74, 6) is -0.508. The quantitative estimate of drug-likeness (QED) is 0.338. The van der Waals surface area contributed by atoms with E-state index in [-0.39, 0.29) is 67.4 Å². The number of nitrogens with zero attached hydrogens (tertiary/aromatic N) is 6. The summed E-state index contributed by atoms with van der Waals surface area (Å²) in [6.45, 7) is 0.179. The van der Waals surface area contributed by atoms with Gasteiger partial charge < -0.3 is 25.8 Å². The van der Waals surface area contributed by atoms with E-state index in [9.17, 15) is 9.65 Å². The van der Waals surface area contributed by atoms with Crippen molar-refractivity contribution in [1.82, 2.24) is 19.9 Å². The molecule has 1 aliphatic heterocycles. The molecule has 0 spiro atoms. The second-order valence-corrected chi connectivity index (χ2v) is 10.0. The predicted octanol–water partition coefficient (Wildman–Crippen LogP) is 4.06. The molecule has 10 nitrogen and oxygen atoms in total. The van der Waals surface area contributed by atoms with E-state index < -0.39 is 11.6 Å². The highest BCUT2D eigenvalue weighted by Crippen LogP contribution is 2.44. The molecule has 1 unspecified atom stereocenters. The van der Waals surface area contributed by atoms with Crippen molar-refractivity contribution in [2.75, 3.05) is 37.1 Å². The van der Waals surface area contributed by atoms with E-state index in [0.717, 1.165) is 16.9 Å². The molecule has 5 heterocycles. The molecule has 1 atom stereocenters. The molecule has 4 N–H and O–H groups in total. The molecule has 1 aromatic carbocycles. The van der Waals surface area contributed by atoms with Crippen molar-refractivity contribution in [3.8, 4) is 29.2 Å². The number of fused-ring (bicyclic) bond motifs is 1. The predicted molar refractivity (Wildman–Crippen MR) is 144 cm³/mol. The highest BCUT2D eigenvalue weighted by atomic mass is 32.1. The van der Waals surface area contributed by atoms with Crippen LogP contribution in [0.2, 0.25) is 0 Å². The van der Waals surface area contributed by atoms with Crippen LogP contribution < -0.4 is 25.8 Å². The van der Waals surface area contributed by atoms with Crippen LogP contribution in [0.15, 0.2) is 30.5 Å². The molecule has 1 aliphatic rings. The molecule has 0 fully saturated rings. The number of nitrogen functional groups attached to an aromatic ring is 2. The molecule has 13 heteroatoms. The van der Waals surface area contributed by atoms with Gasteiger partial charge in [0.05, 0.1) is 23.4 Å². The number of thiophene rings is 1. The summed E-state index contributed by atoms with van der Waals surface area (Å²) in [4.78, 5) is 19.2. The number of hydrogen-bond acceptors (Lipinski definition) is 11. The van der Waals surface area contributed by atoms with Gasteiger partial charge in [-0.05, 0) is 36.2 Å². The van der Waals surface area contributed by atoms with Gasteiger partial charge in [-0.15, -0.1) is 11.3 Å². The zero-order valence-corrected chi connectivity index (χ0v) is 21.5. The van der Waals surface area contributed by atoms with Gasteiger partial charge in [-0.2, -0.15) is 15.2 Å². The normalized spacial score (nSPS) is 14.7. The van der Waals surface area contributed by atoms with Crippen LogP contribution >= 0.6 is 11.3 Å². The number of nitriles is 1. The lowest BCUT2D eigenvalue weighted by atomic mass is 10.0. The Labute approximate surface area is 224 Å². The zero-order chi connectivity index (χ0) is 27.4. The van der Waals surface area contributed by atoms with Crippen LogP contribution in [-0.2, 0) is 6.42 Å². The highest BCUT2D eigenvalue weighted by Gasteiger charge is 2.32. The van der Waals surface area contributed by atoms with Gasteiger partial charge in [-0.25, -0.2) is 18.7 Å². The highest BCUT2D eigenvalue weighted by molar-refractivity contribution is 7.23. The number of nitrogens with two attached hydrogens (primary N) is 2. The van der Waals surface area contributed by atoms with Gasteiger partial charge in [0.15, 0.2) is 5.82 Å². The maximum Gasteiger partial charge on any atom is 0.318 e. The van der Waals surface area contributed by atoms with E-state index in [1.165, 1.54) is 19.2 Å². The lowest BCUT2D eigenvalue weighted by Gasteiger charge is -2.27.